The van der Waals surface area contributed by atoms with Crippen LogP contribution in [0.1, 0.15) is 21.6 Å². The number of aromatic amines is 1. The molecule has 0 unspecified atom stereocenters. The van der Waals surface area contributed by atoms with E-state index in [0.29, 0.717) is 23.6 Å². The molecule has 0 saturated heterocycles. The van der Waals surface area contributed by atoms with E-state index in [1.54, 1.807) is 18.2 Å². The molecule has 166 valence electrons. The number of H-pyrrole nitrogens is 1. The largest absolute Gasteiger partial charge is 0.504 e. The number of hydrazone groups is 1. The minimum Gasteiger partial charge on any atom is -0.504 e. The lowest BCUT2D eigenvalue weighted by Gasteiger charge is -2.06. The second-order valence-corrected chi connectivity index (χ2v) is 7.10. The molecule has 4 aromatic rings. The highest BCUT2D eigenvalue weighted by Gasteiger charge is 2.11. The van der Waals surface area contributed by atoms with Crippen molar-refractivity contribution in [1.29, 1.82) is 0 Å². The van der Waals surface area contributed by atoms with Gasteiger partial charge in [-0.05, 0) is 59.7 Å². The summed E-state index contributed by atoms with van der Waals surface area (Å²) in [5.74, 6) is 0.661. The number of amides is 1. The Hall–Kier alpha value is -4.59. The quantitative estimate of drug-likeness (QED) is 0.281. The number of aromatic nitrogens is 2. The molecule has 0 fully saturated rings. The normalized spacial score (nSPS) is 10.8. The average Bonchev–Trinajstić information content (AvgIpc) is 3.35. The number of ether oxygens (including phenoxy) is 2. The first kappa shape index (κ1) is 21.6. The van der Waals surface area contributed by atoms with Gasteiger partial charge in [0.05, 0.1) is 19.0 Å². The van der Waals surface area contributed by atoms with E-state index >= 15 is 0 Å². The fraction of sp³-hybridized carbons (Fsp3) is 0.0800. The first-order valence-corrected chi connectivity index (χ1v) is 10.2. The van der Waals surface area contributed by atoms with E-state index in [1.165, 1.54) is 19.4 Å². The molecule has 1 heterocycles. The zero-order valence-corrected chi connectivity index (χ0v) is 17.9. The molecular formula is C25H22N4O4. The van der Waals surface area contributed by atoms with Gasteiger partial charge >= 0.3 is 0 Å². The molecule has 1 aromatic heterocycles. The number of aromatic hydroxyl groups is 1. The molecule has 0 aliphatic heterocycles. The lowest BCUT2D eigenvalue weighted by atomic mass is 10.1. The Kier molecular flexibility index (Phi) is 6.65. The summed E-state index contributed by atoms with van der Waals surface area (Å²) in [6, 6.07) is 23.8. The number of hydrogen-bond acceptors (Lipinski definition) is 6. The van der Waals surface area contributed by atoms with Gasteiger partial charge in [-0.1, -0.05) is 30.3 Å². The standard InChI is InChI=1S/C25H22N4O4/c1-32-24-13-18(7-12-23(24)30)15-26-29-25(31)22-14-21(27-28-22)19-8-10-20(11-9-19)33-16-17-5-3-2-4-6-17/h2-15,30H,16H2,1H3,(H,27,28)(H,29,31). The zero-order chi connectivity index (χ0) is 23.0. The van der Waals surface area contributed by atoms with Gasteiger partial charge in [0.2, 0.25) is 0 Å². The van der Waals surface area contributed by atoms with Crippen molar-refractivity contribution in [3.05, 3.63) is 95.7 Å². The number of nitrogens with one attached hydrogen (secondary N) is 2. The van der Waals surface area contributed by atoms with Crippen LogP contribution in [-0.4, -0.2) is 34.5 Å². The van der Waals surface area contributed by atoms with Crippen LogP contribution in [0.5, 0.6) is 17.2 Å². The Labute approximate surface area is 190 Å². The average molecular weight is 442 g/mol. The van der Waals surface area contributed by atoms with E-state index in [4.69, 9.17) is 9.47 Å². The number of phenolic OH excluding ortho intramolecular Hbond substituents is 1. The van der Waals surface area contributed by atoms with Gasteiger partial charge in [-0.15, -0.1) is 0 Å². The summed E-state index contributed by atoms with van der Waals surface area (Å²) in [6.45, 7) is 0.490. The van der Waals surface area contributed by atoms with Crippen molar-refractivity contribution < 1.29 is 19.4 Å². The maximum atomic E-state index is 12.3. The molecule has 4 rings (SSSR count). The Morgan fingerprint density at radius 2 is 1.88 bits per heavy atom. The molecule has 0 aliphatic carbocycles. The summed E-state index contributed by atoms with van der Waals surface area (Å²) >= 11 is 0. The Balaban J connectivity index is 1.34. The monoisotopic (exact) mass is 442 g/mol. The molecule has 0 radical (unpaired) electrons. The molecule has 3 N–H and O–H groups in total. The fourth-order valence-electron chi connectivity index (χ4n) is 3.05. The van der Waals surface area contributed by atoms with Crippen molar-refractivity contribution in [2.24, 2.45) is 5.10 Å². The summed E-state index contributed by atoms with van der Waals surface area (Å²) < 4.78 is 10.8. The molecule has 1 amide bonds. The Morgan fingerprint density at radius 1 is 1.09 bits per heavy atom. The molecular weight excluding hydrogens is 420 g/mol. The first-order chi connectivity index (χ1) is 16.1. The third-order valence-corrected chi connectivity index (χ3v) is 4.80. The van der Waals surface area contributed by atoms with E-state index in [0.717, 1.165) is 16.9 Å². The SMILES string of the molecule is COc1cc(C=NNC(=O)c2cc(-c3ccc(OCc4ccccc4)cc3)n[nH]2)ccc1O. The molecule has 8 heteroatoms. The van der Waals surface area contributed by atoms with Crippen LogP contribution >= 0.6 is 0 Å². The van der Waals surface area contributed by atoms with Gasteiger partial charge in [-0.25, -0.2) is 5.43 Å². The Bertz CT molecular complexity index is 1250. The van der Waals surface area contributed by atoms with Crippen molar-refractivity contribution in [1.82, 2.24) is 15.6 Å². The van der Waals surface area contributed by atoms with Gasteiger partial charge in [0, 0.05) is 5.56 Å². The van der Waals surface area contributed by atoms with Crippen LogP contribution in [0.15, 0.2) is 84.0 Å². The van der Waals surface area contributed by atoms with Crippen LogP contribution < -0.4 is 14.9 Å². The minimum atomic E-state index is -0.432. The van der Waals surface area contributed by atoms with Gasteiger partial charge in [0.25, 0.3) is 5.91 Å². The van der Waals surface area contributed by atoms with E-state index in [-0.39, 0.29) is 11.4 Å². The third kappa shape index (κ3) is 5.56. The zero-order valence-electron chi connectivity index (χ0n) is 17.9. The van der Waals surface area contributed by atoms with Crippen LogP contribution in [0.4, 0.5) is 0 Å². The van der Waals surface area contributed by atoms with Crippen molar-refractivity contribution in [3.63, 3.8) is 0 Å². The number of methoxy groups -OCH3 is 1. The number of carbonyl (C=O) groups excluding carboxylic acids is 1. The number of phenols is 1. The maximum absolute atomic E-state index is 12.3. The number of rotatable bonds is 8. The smallest absolute Gasteiger partial charge is 0.289 e. The van der Waals surface area contributed by atoms with Crippen molar-refractivity contribution in [2.45, 2.75) is 6.61 Å². The molecule has 0 bridgehead atoms. The maximum Gasteiger partial charge on any atom is 0.289 e. The van der Waals surface area contributed by atoms with E-state index in [2.05, 4.69) is 20.7 Å². The first-order valence-electron chi connectivity index (χ1n) is 10.2. The Morgan fingerprint density at radius 3 is 2.64 bits per heavy atom. The number of carbonyl (C=O) groups is 1. The summed E-state index contributed by atoms with van der Waals surface area (Å²) in [7, 11) is 1.46. The highest BCUT2D eigenvalue weighted by Crippen LogP contribution is 2.25. The fourth-order valence-corrected chi connectivity index (χ4v) is 3.05. The van der Waals surface area contributed by atoms with Crippen LogP contribution in [0.3, 0.4) is 0 Å². The van der Waals surface area contributed by atoms with Gasteiger partial charge in [-0.2, -0.15) is 10.2 Å². The predicted molar refractivity (Wildman–Crippen MR) is 125 cm³/mol. The summed E-state index contributed by atoms with van der Waals surface area (Å²) in [4.78, 5) is 12.3. The van der Waals surface area contributed by atoms with Crippen LogP contribution in [0, 0.1) is 0 Å². The summed E-state index contributed by atoms with van der Waals surface area (Å²) in [5, 5.41) is 20.5. The number of benzene rings is 3. The highest BCUT2D eigenvalue weighted by molar-refractivity contribution is 5.94. The second-order valence-electron chi connectivity index (χ2n) is 7.10. The topological polar surface area (TPSA) is 109 Å². The number of nitrogens with zero attached hydrogens (tertiary/aromatic N) is 2. The van der Waals surface area contributed by atoms with Crippen LogP contribution in [-0.2, 0) is 6.61 Å². The summed E-state index contributed by atoms with van der Waals surface area (Å²) in [6.07, 6.45) is 1.45. The van der Waals surface area contributed by atoms with E-state index < -0.39 is 5.91 Å². The predicted octanol–water partition coefficient (Wildman–Crippen LogP) is 4.13. The van der Waals surface area contributed by atoms with E-state index in [1.807, 2.05) is 54.6 Å². The van der Waals surface area contributed by atoms with Crippen LogP contribution in [0.25, 0.3) is 11.3 Å². The van der Waals surface area contributed by atoms with Crippen molar-refractivity contribution in [2.75, 3.05) is 7.11 Å². The van der Waals surface area contributed by atoms with Gasteiger partial charge < -0.3 is 14.6 Å². The molecule has 8 nitrogen and oxygen atoms in total. The molecule has 0 saturated carbocycles. The van der Waals surface area contributed by atoms with Gasteiger partial charge in [-0.3, -0.25) is 9.89 Å². The summed E-state index contributed by atoms with van der Waals surface area (Å²) in [5.41, 5.74) is 5.94. The minimum absolute atomic E-state index is 0.0273. The molecule has 33 heavy (non-hydrogen) atoms. The van der Waals surface area contributed by atoms with E-state index in [9.17, 15) is 9.90 Å². The molecule has 0 atom stereocenters. The highest BCUT2D eigenvalue weighted by atomic mass is 16.5. The lowest BCUT2D eigenvalue weighted by molar-refractivity contribution is 0.0950. The van der Waals surface area contributed by atoms with Gasteiger partial charge in [0.15, 0.2) is 11.5 Å². The molecule has 0 aliphatic rings. The lowest BCUT2D eigenvalue weighted by Crippen LogP contribution is -2.18. The van der Waals surface area contributed by atoms with Crippen LogP contribution in [0.2, 0.25) is 0 Å². The number of hydrogen-bond donors (Lipinski definition) is 3. The molecule has 0 spiro atoms. The van der Waals surface area contributed by atoms with Crippen molar-refractivity contribution >= 4 is 12.1 Å². The second kappa shape index (κ2) is 10.1. The van der Waals surface area contributed by atoms with Gasteiger partial charge in [0.1, 0.15) is 18.1 Å². The van der Waals surface area contributed by atoms with Crippen molar-refractivity contribution in [3.8, 4) is 28.5 Å². The third-order valence-electron chi connectivity index (χ3n) is 4.80. The molecule has 3 aromatic carbocycles.